The average Bonchev–Trinajstić information content (AvgIpc) is 1.66. The Balaban J connectivity index is 2.82. The lowest BCUT2D eigenvalue weighted by molar-refractivity contribution is -0.480. The normalized spacial score (nSPS) is 9.12. The van der Waals surface area contributed by atoms with E-state index in [2.05, 4.69) is 4.74 Å². The van der Waals surface area contributed by atoms with Gasteiger partial charge in [0.05, 0.1) is 6.61 Å². The average molecular weight is 119 g/mol. The second kappa shape index (κ2) is 4.52. The van der Waals surface area contributed by atoms with Gasteiger partial charge in [-0.3, -0.25) is 10.1 Å². The van der Waals surface area contributed by atoms with Crippen molar-refractivity contribution in [3.05, 3.63) is 10.1 Å². The van der Waals surface area contributed by atoms with Crippen LogP contribution in [0.3, 0.4) is 0 Å². The van der Waals surface area contributed by atoms with Crippen molar-refractivity contribution in [3.63, 3.8) is 0 Å². The minimum absolute atomic E-state index is 0.00778. The number of methoxy groups -OCH3 is 1. The molecule has 0 aromatic carbocycles. The van der Waals surface area contributed by atoms with Gasteiger partial charge < -0.3 is 4.74 Å². The van der Waals surface area contributed by atoms with E-state index in [-0.39, 0.29) is 11.5 Å². The van der Waals surface area contributed by atoms with E-state index in [4.69, 9.17) is 0 Å². The summed E-state index contributed by atoms with van der Waals surface area (Å²) in [6.07, 6.45) is 0.503. The molecule has 0 unspecified atom stereocenters. The van der Waals surface area contributed by atoms with Crippen LogP contribution in [0.1, 0.15) is 6.42 Å². The van der Waals surface area contributed by atoms with Gasteiger partial charge in [-0.1, -0.05) is 0 Å². The van der Waals surface area contributed by atoms with Crippen molar-refractivity contribution in [1.29, 1.82) is 0 Å². The predicted octanol–water partition coefficient (Wildman–Crippen LogP) is 0.300. The third-order valence-electron chi connectivity index (χ3n) is 0.689. The first-order valence-electron chi connectivity index (χ1n) is 2.38. The number of hydrogen-bond donors (Lipinski definition) is 0. The van der Waals surface area contributed by atoms with Gasteiger partial charge in [0.15, 0.2) is 0 Å². The monoisotopic (exact) mass is 119 g/mol. The highest BCUT2D eigenvalue weighted by molar-refractivity contribution is 4.29. The molecule has 48 valence electrons. The van der Waals surface area contributed by atoms with E-state index in [0.29, 0.717) is 13.0 Å². The maximum absolute atomic E-state index is 9.62. The highest BCUT2D eigenvalue weighted by atomic mass is 16.6. The van der Waals surface area contributed by atoms with E-state index >= 15 is 0 Å². The summed E-state index contributed by atoms with van der Waals surface area (Å²) in [4.78, 5) is 9.28. The smallest absolute Gasteiger partial charge is 0.206 e. The number of ether oxygens (including phenoxy) is 1. The second-order valence-corrected chi connectivity index (χ2v) is 1.40. The van der Waals surface area contributed by atoms with Crippen molar-refractivity contribution in [2.24, 2.45) is 0 Å². The van der Waals surface area contributed by atoms with Gasteiger partial charge in [-0.2, -0.15) is 0 Å². The summed E-state index contributed by atoms with van der Waals surface area (Å²) >= 11 is 0. The van der Waals surface area contributed by atoms with Crippen molar-refractivity contribution in [1.82, 2.24) is 0 Å². The minimum atomic E-state index is -0.348. The number of nitrogens with zero attached hydrogens (tertiary/aromatic N) is 1. The number of nitro groups is 1. The van der Waals surface area contributed by atoms with Crippen LogP contribution < -0.4 is 0 Å². The van der Waals surface area contributed by atoms with E-state index in [1.165, 1.54) is 7.11 Å². The summed E-state index contributed by atoms with van der Waals surface area (Å²) in [6, 6.07) is 0. The van der Waals surface area contributed by atoms with Crippen LogP contribution in [0.25, 0.3) is 0 Å². The summed E-state index contributed by atoms with van der Waals surface area (Å²) < 4.78 is 4.59. The first-order chi connectivity index (χ1) is 3.77. The lowest BCUT2D eigenvalue weighted by Crippen LogP contribution is -2.03. The third kappa shape index (κ3) is 5.36. The Kier molecular flexibility index (Phi) is 4.16. The summed E-state index contributed by atoms with van der Waals surface area (Å²) in [5, 5.41) is 9.62. The van der Waals surface area contributed by atoms with Crippen molar-refractivity contribution in [2.45, 2.75) is 6.42 Å². The third-order valence-corrected chi connectivity index (χ3v) is 0.689. The predicted molar refractivity (Wildman–Crippen MR) is 28.4 cm³/mol. The van der Waals surface area contributed by atoms with Gasteiger partial charge in [0, 0.05) is 18.5 Å². The minimum Gasteiger partial charge on any atom is -0.384 e. The molecule has 0 bridgehead atoms. The zero-order valence-electron chi connectivity index (χ0n) is 4.79. The molecule has 0 heterocycles. The Hall–Kier alpha value is -0.640. The van der Waals surface area contributed by atoms with E-state index in [9.17, 15) is 10.1 Å². The fourth-order valence-electron chi connectivity index (χ4n) is 0.338. The van der Waals surface area contributed by atoms with Crippen LogP contribution >= 0.6 is 0 Å². The van der Waals surface area contributed by atoms with Gasteiger partial charge in [-0.15, -0.1) is 0 Å². The summed E-state index contributed by atoms with van der Waals surface area (Å²) in [7, 11) is 1.53. The molecule has 0 N–H and O–H groups in total. The van der Waals surface area contributed by atoms with Crippen LogP contribution in [0, 0.1) is 10.1 Å². The molecule has 0 radical (unpaired) electrons. The molecule has 0 spiro atoms. The van der Waals surface area contributed by atoms with Gasteiger partial charge in [-0.05, 0) is 0 Å². The second-order valence-electron chi connectivity index (χ2n) is 1.40. The molecule has 0 aromatic heterocycles. The molecule has 0 rings (SSSR count). The van der Waals surface area contributed by atoms with E-state index in [1.807, 2.05) is 0 Å². The maximum Gasteiger partial charge on any atom is 0.206 e. The molecule has 0 aromatic rings. The summed E-state index contributed by atoms with van der Waals surface area (Å²) in [6.45, 7) is 0.481. The largest absolute Gasteiger partial charge is 0.384 e. The molecular formula is C4H9NO3. The van der Waals surface area contributed by atoms with Crippen LogP contribution in [0.2, 0.25) is 0 Å². The number of rotatable bonds is 4. The molecule has 0 atom stereocenters. The molecule has 0 aliphatic carbocycles. The molecule has 8 heavy (non-hydrogen) atoms. The first kappa shape index (κ1) is 7.36. The Morgan fingerprint density at radius 3 is 2.75 bits per heavy atom. The zero-order chi connectivity index (χ0) is 6.41. The van der Waals surface area contributed by atoms with Crippen LogP contribution in [0.4, 0.5) is 0 Å². The lowest BCUT2D eigenvalue weighted by atomic mass is 10.5. The molecule has 4 heteroatoms. The van der Waals surface area contributed by atoms with E-state index < -0.39 is 0 Å². The van der Waals surface area contributed by atoms with Gasteiger partial charge in [0.1, 0.15) is 0 Å². The Labute approximate surface area is 47.6 Å². The zero-order valence-corrected chi connectivity index (χ0v) is 4.79. The summed E-state index contributed by atoms with van der Waals surface area (Å²) in [5.41, 5.74) is 0. The molecule has 0 saturated heterocycles. The van der Waals surface area contributed by atoms with Crippen molar-refractivity contribution < 1.29 is 9.66 Å². The van der Waals surface area contributed by atoms with Gasteiger partial charge in [0.25, 0.3) is 0 Å². The van der Waals surface area contributed by atoms with E-state index in [0.717, 1.165) is 0 Å². The molecule has 4 nitrogen and oxygen atoms in total. The van der Waals surface area contributed by atoms with Crippen LogP contribution in [-0.2, 0) is 4.74 Å². The summed E-state index contributed by atoms with van der Waals surface area (Å²) in [5.74, 6) is 0. The topological polar surface area (TPSA) is 52.4 Å². The van der Waals surface area contributed by atoms with Gasteiger partial charge >= 0.3 is 0 Å². The molecule has 0 aliphatic heterocycles. The van der Waals surface area contributed by atoms with Crippen molar-refractivity contribution >= 4 is 0 Å². The Bertz CT molecular complexity index is 73.7. The fourth-order valence-corrected chi connectivity index (χ4v) is 0.338. The van der Waals surface area contributed by atoms with E-state index in [1.54, 1.807) is 0 Å². The first-order valence-corrected chi connectivity index (χ1v) is 2.38. The Morgan fingerprint density at radius 1 is 1.75 bits per heavy atom. The van der Waals surface area contributed by atoms with Crippen LogP contribution in [0.15, 0.2) is 0 Å². The van der Waals surface area contributed by atoms with Crippen molar-refractivity contribution in [2.75, 3.05) is 20.3 Å². The quantitative estimate of drug-likeness (QED) is 0.304. The van der Waals surface area contributed by atoms with Crippen molar-refractivity contribution in [3.8, 4) is 0 Å². The van der Waals surface area contributed by atoms with Crippen LogP contribution in [0.5, 0.6) is 0 Å². The molecule has 0 amide bonds. The highest BCUT2D eigenvalue weighted by Gasteiger charge is 1.92. The molecule has 0 aliphatic rings. The fraction of sp³-hybridized carbons (Fsp3) is 1.00. The lowest BCUT2D eigenvalue weighted by Gasteiger charge is -1.90. The van der Waals surface area contributed by atoms with Gasteiger partial charge in [-0.25, -0.2) is 0 Å². The Morgan fingerprint density at radius 2 is 2.38 bits per heavy atom. The maximum atomic E-state index is 9.62. The highest BCUT2D eigenvalue weighted by Crippen LogP contribution is 1.79. The number of hydrogen-bond acceptors (Lipinski definition) is 3. The SMILES string of the molecule is COCCC[N+](=O)[O-]. The molecular weight excluding hydrogens is 110 g/mol. The molecule has 0 saturated carbocycles. The standard InChI is InChI=1S/C4H9NO3/c1-8-4-2-3-5(6)7/h2-4H2,1H3. The molecule has 0 fully saturated rings. The van der Waals surface area contributed by atoms with Crippen LogP contribution in [-0.4, -0.2) is 25.2 Å². The van der Waals surface area contributed by atoms with Gasteiger partial charge in [0.2, 0.25) is 6.54 Å².